The lowest BCUT2D eigenvalue weighted by Crippen LogP contribution is -2.46. The van der Waals surface area contributed by atoms with E-state index < -0.39 is 35.3 Å². The normalized spacial score (nSPS) is 13.0. The van der Waals surface area contributed by atoms with Gasteiger partial charge in [0.2, 0.25) is 5.69 Å². The molecule has 1 N–H and O–H groups in total. The number of esters is 1. The number of halogens is 3. The average Bonchev–Trinajstić information content (AvgIpc) is 3.04. The second-order valence-electron chi connectivity index (χ2n) is 7.33. The summed E-state index contributed by atoms with van der Waals surface area (Å²) in [5, 5.41) is 6.66. The van der Waals surface area contributed by atoms with E-state index in [0.29, 0.717) is 0 Å². The van der Waals surface area contributed by atoms with Crippen molar-refractivity contribution in [3.8, 4) is 11.4 Å². The average molecular weight is 413 g/mol. The molecule has 0 aliphatic rings. The molecule has 10 heteroatoms. The number of nitrogens with one attached hydrogen (secondary N) is 1. The first kappa shape index (κ1) is 22.3. The van der Waals surface area contributed by atoms with Crippen LogP contribution < -0.4 is 10.1 Å². The lowest BCUT2D eigenvalue weighted by atomic mass is 10.1. The first-order valence-corrected chi connectivity index (χ1v) is 8.66. The highest BCUT2D eigenvalue weighted by Gasteiger charge is 2.31. The maximum atomic E-state index is 12.9. The van der Waals surface area contributed by atoms with Gasteiger partial charge in [0.25, 0.3) is 5.91 Å². The first-order valence-electron chi connectivity index (χ1n) is 8.66. The fraction of sp³-hybridized carbons (Fsp3) is 0.421. The van der Waals surface area contributed by atoms with Crippen molar-refractivity contribution in [3.63, 3.8) is 0 Å². The number of amides is 1. The molecular weight excluding hydrogens is 391 g/mol. The van der Waals surface area contributed by atoms with E-state index in [0.717, 1.165) is 16.8 Å². The number of nitrogens with zero attached hydrogens (tertiary/aromatic N) is 2. The number of hydrogen-bond donors (Lipinski definition) is 1. The van der Waals surface area contributed by atoms with Crippen LogP contribution in [0.3, 0.4) is 0 Å². The van der Waals surface area contributed by atoms with Crippen LogP contribution in [0.2, 0.25) is 0 Å². The lowest BCUT2D eigenvalue weighted by Gasteiger charge is -2.23. The van der Waals surface area contributed by atoms with Crippen molar-refractivity contribution < 1.29 is 32.2 Å². The Labute approximate surface area is 165 Å². The number of carbonyl (C=O) groups excluding carboxylic acids is 2. The molecule has 0 radical (unpaired) electrons. The first-order chi connectivity index (χ1) is 13.3. The van der Waals surface area contributed by atoms with Crippen LogP contribution in [0, 0.1) is 0 Å². The van der Waals surface area contributed by atoms with Gasteiger partial charge in [-0.2, -0.15) is 18.3 Å². The Kier molecular flexibility index (Phi) is 6.24. The smallest absolute Gasteiger partial charge is 0.416 e. The molecule has 1 unspecified atom stereocenters. The topological polar surface area (TPSA) is 82.5 Å². The van der Waals surface area contributed by atoms with Gasteiger partial charge >= 0.3 is 12.1 Å². The van der Waals surface area contributed by atoms with E-state index in [1.807, 2.05) is 0 Å². The van der Waals surface area contributed by atoms with E-state index in [2.05, 4.69) is 10.4 Å². The van der Waals surface area contributed by atoms with E-state index in [4.69, 9.17) is 9.47 Å². The number of ether oxygens (including phenoxy) is 2. The molecule has 0 bridgehead atoms. The predicted molar refractivity (Wildman–Crippen MR) is 97.9 cm³/mol. The summed E-state index contributed by atoms with van der Waals surface area (Å²) in [7, 11) is 1.28. The fourth-order valence-corrected chi connectivity index (χ4v) is 2.35. The van der Waals surface area contributed by atoms with Gasteiger partial charge in [-0.15, -0.1) is 0 Å². The van der Waals surface area contributed by atoms with Crippen LogP contribution in [-0.4, -0.2) is 40.4 Å². The summed E-state index contributed by atoms with van der Waals surface area (Å²) in [5.41, 5.74) is -1.56. The molecule has 0 saturated carbocycles. The summed E-state index contributed by atoms with van der Waals surface area (Å²) in [4.78, 5) is 24.5. The Hall–Kier alpha value is -3.04. The van der Waals surface area contributed by atoms with Crippen molar-refractivity contribution in [1.29, 1.82) is 0 Å². The molecular formula is C19H22F3N3O4. The van der Waals surface area contributed by atoms with E-state index in [1.54, 1.807) is 20.8 Å². The zero-order valence-corrected chi connectivity index (χ0v) is 16.6. The fourth-order valence-electron chi connectivity index (χ4n) is 2.35. The third-order valence-electron chi connectivity index (χ3n) is 3.68. The number of rotatable bonds is 5. The SMILES string of the molecule is COc1cn(-c2cccc(C(F)(F)F)c2)nc1C(=O)OC(C)C(=O)NC(C)(C)C. The van der Waals surface area contributed by atoms with Crippen LogP contribution in [0.15, 0.2) is 30.5 Å². The molecule has 1 heterocycles. The van der Waals surface area contributed by atoms with Gasteiger partial charge in [0.05, 0.1) is 24.6 Å². The molecule has 1 aromatic heterocycles. The second-order valence-corrected chi connectivity index (χ2v) is 7.33. The third kappa shape index (κ3) is 5.72. The maximum Gasteiger partial charge on any atom is 0.416 e. The van der Waals surface area contributed by atoms with Crippen LogP contribution in [0.1, 0.15) is 43.7 Å². The number of aromatic nitrogens is 2. The molecule has 0 aliphatic heterocycles. The number of alkyl halides is 3. The van der Waals surface area contributed by atoms with Gasteiger partial charge in [0, 0.05) is 5.54 Å². The van der Waals surface area contributed by atoms with E-state index >= 15 is 0 Å². The largest absolute Gasteiger partial charge is 0.493 e. The van der Waals surface area contributed by atoms with Crippen molar-refractivity contribution in [3.05, 3.63) is 41.7 Å². The van der Waals surface area contributed by atoms with Gasteiger partial charge in [-0.25, -0.2) is 9.48 Å². The zero-order valence-electron chi connectivity index (χ0n) is 16.6. The highest BCUT2D eigenvalue weighted by atomic mass is 19.4. The standard InChI is InChI=1S/C19H22F3N3O4/c1-11(16(26)23-18(2,3)4)29-17(27)15-14(28-5)10-25(24-15)13-8-6-7-12(9-13)19(20,21)22/h6-11H,1-5H3,(H,23,26). The van der Waals surface area contributed by atoms with Gasteiger partial charge in [0.1, 0.15) is 0 Å². The van der Waals surface area contributed by atoms with E-state index in [-0.39, 0.29) is 17.1 Å². The molecule has 2 rings (SSSR count). The summed E-state index contributed by atoms with van der Waals surface area (Å²) in [6, 6.07) is 4.44. The van der Waals surface area contributed by atoms with Crippen LogP contribution in [-0.2, 0) is 15.7 Å². The van der Waals surface area contributed by atoms with Crippen LogP contribution >= 0.6 is 0 Å². The minimum Gasteiger partial charge on any atom is -0.493 e. The summed E-state index contributed by atoms with van der Waals surface area (Å²) in [5.74, 6) is -1.44. The number of carbonyl (C=O) groups is 2. The van der Waals surface area contributed by atoms with E-state index in [9.17, 15) is 22.8 Å². The Morgan fingerprint density at radius 1 is 1.21 bits per heavy atom. The third-order valence-corrected chi connectivity index (χ3v) is 3.68. The van der Waals surface area contributed by atoms with E-state index in [1.165, 1.54) is 32.4 Å². The number of benzene rings is 1. The van der Waals surface area contributed by atoms with Gasteiger partial charge in [-0.1, -0.05) is 6.07 Å². The predicted octanol–water partition coefficient (Wildman–Crippen LogP) is 3.36. The van der Waals surface area contributed by atoms with Gasteiger partial charge in [-0.3, -0.25) is 4.79 Å². The number of hydrogen-bond acceptors (Lipinski definition) is 5. The molecule has 1 amide bonds. The van der Waals surface area contributed by atoms with Crippen molar-refractivity contribution in [1.82, 2.24) is 15.1 Å². The minimum atomic E-state index is -4.52. The molecule has 0 aliphatic carbocycles. The van der Waals surface area contributed by atoms with Gasteiger partial charge < -0.3 is 14.8 Å². The Morgan fingerprint density at radius 3 is 2.41 bits per heavy atom. The Bertz CT molecular complexity index is 901. The molecule has 1 atom stereocenters. The summed E-state index contributed by atoms with van der Waals surface area (Å²) in [6.45, 7) is 6.73. The monoisotopic (exact) mass is 413 g/mol. The van der Waals surface area contributed by atoms with Gasteiger partial charge in [0.15, 0.2) is 11.9 Å². The van der Waals surface area contributed by atoms with Crippen molar-refractivity contribution in [2.75, 3.05) is 7.11 Å². The van der Waals surface area contributed by atoms with Gasteiger partial charge in [-0.05, 0) is 45.9 Å². The molecule has 0 fully saturated rings. The summed E-state index contributed by atoms with van der Waals surface area (Å²) >= 11 is 0. The number of methoxy groups -OCH3 is 1. The molecule has 0 saturated heterocycles. The second kappa shape index (κ2) is 8.14. The maximum absolute atomic E-state index is 12.9. The Balaban J connectivity index is 2.26. The highest BCUT2D eigenvalue weighted by molar-refractivity contribution is 5.93. The van der Waals surface area contributed by atoms with Crippen LogP contribution in [0.4, 0.5) is 13.2 Å². The molecule has 158 valence electrons. The minimum absolute atomic E-state index is 0.00385. The highest BCUT2D eigenvalue weighted by Crippen LogP contribution is 2.31. The van der Waals surface area contributed by atoms with Crippen molar-refractivity contribution in [2.45, 2.75) is 45.5 Å². The molecule has 2 aromatic rings. The van der Waals surface area contributed by atoms with Crippen LogP contribution in [0.5, 0.6) is 5.75 Å². The quantitative estimate of drug-likeness (QED) is 0.760. The van der Waals surface area contributed by atoms with Crippen LogP contribution in [0.25, 0.3) is 5.69 Å². The zero-order chi connectivity index (χ0) is 22.0. The molecule has 7 nitrogen and oxygen atoms in total. The van der Waals surface area contributed by atoms with Crippen molar-refractivity contribution in [2.24, 2.45) is 0 Å². The summed E-state index contributed by atoms with van der Waals surface area (Å²) < 4.78 is 50.1. The molecule has 29 heavy (non-hydrogen) atoms. The Morgan fingerprint density at radius 2 is 1.86 bits per heavy atom. The molecule has 0 spiro atoms. The van der Waals surface area contributed by atoms with Crippen molar-refractivity contribution >= 4 is 11.9 Å². The summed E-state index contributed by atoms with van der Waals surface area (Å²) in [6.07, 6.45) is -4.37. The molecule has 1 aromatic carbocycles. The lowest BCUT2D eigenvalue weighted by molar-refractivity contribution is -0.137.